The molecular weight excluding hydrogens is 262 g/mol. The lowest BCUT2D eigenvalue weighted by molar-refractivity contribution is 0.0942. The third-order valence-electron chi connectivity index (χ3n) is 5.53. The molecule has 0 radical (unpaired) electrons. The molecule has 1 fully saturated rings. The van der Waals surface area contributed by atoms with Gasteiger partial charge >= 0.3 is 0 Å². The summed E-state index contributed by atoms with van der Waals surface area (Å²) in [5.41, 5.74) is 8.52. The molecule has 1 saturated carbocycles. The normalized spacial score (nSPS) is 29.0. The van der Waals surface area contributed by atoms with Crippen molar-refractivity contribution in [2.24, 2.45) is 17.1 Å². The predicted molar refractivity (Wildman–Crippen MR) is 83.2 cm³/mol. The minimum Gasteiger partial charge on any atom is -0.327 e. The lowest BCUT2D eigenvalue weighted by Crippen LogP contribution is -2.46. The first-order valence-electron chi connectivity index (χ1n) is 7.77. The summed E-state index contributed by atoms with van der Waals surface area (Å²) in [7, 11) is 0. The Balaban J connectivity index is 2.12. The van der Waals surface area contributed by atoms with Crippen LogP contribution in [0.4, 0.5) is 0 Å². The average Bonchev–Trinajstić information content (AvgIpc) is 2.80. The van der Waals surface area contributed by atoms with E-state index in [9.17, 15) is 0 Å². The number of hydrogen-bond donors (Lipinski definition) is 1. The molecule has 2 heterocycles. The highest BCUT2D eigenvalue weighted by Gasteiger charge is 2.44. The van der Waals surface area contributed by atoms with Crippen molar-refractivity contribution in [3.63, 3.8) is 0 Å². The van der Waals surface area contributed by atoms with Gasteiger partial charge in [-0.1, -0.05) is 20.8 Å². The van der Waals surface area contributed by atoms with E-state index >= 15 is 0 Å². The van der Waals surface area contributed by atoms with Crippen LogP contribution >= 0.6 is 0 Å². The fourth-order valence-corrected chi connectivity index (χ4v) is 3.79. The predicted octanol–water partition coefficient (Wildman–Crippen LogP) is 2.61. The van der Waals surface area contributed by atoms with E-state index in [1.165, 1.54) is 0 Å². The largest absolute Gasteiger partial charge is 0.327 e. The molecular formula is C16H25N5. The van der Waals surface area contributed by atoms with Crippen molar-refractivity contribution in [1.82, 2.24) is 19.6 Å². The van der Waals surface area contributed by atoms with Gasteiger partial charge in [-0.3, -0.25) is 4.40 Å². The molecule has 0 aliphatic heterocycles. The van der Waals surface area contributed by atoms with Crippen LogP contribution in [-0.2, 0) is 0 Å². The number of nitrogens with zero attached hydrogens (tertiary/aromatic N) is 4. The van der Waals surface area contributed by atoms with Crippen LogP contribution in [0.15, 0.2) is 6.07 Å². The van der Waals surface area contributed by atoms with Gasteiger partial charge in [-0.25, -0.2) is 4.98 Å². The Kier molecular flexibility index (Phi) is 3.28. The highest BCUT2D eigenvalue weighted by Crippen LogP contribution is 2.49. The minimum atomic E-state index is 0.109. The van der Waals surface area contributed by atoms with Crippen LogP contribution in [0.3, 0.4) is 0 Å². The smallest absolute Gasteiger partial charge is 0.255 e. The second-order valence-corrected chi connectivity index (χ2v) is 7.14. The molecule has 0 saturated heterocycles. The van der Waals surface area contributed by atoms with Crippen molar-refractivity contribution in [3.05, 3.63) is 23.3 Å². The molecule has 114 valence electrons. The van der Waals surface area contributed by atoms with Crippen molar-refractivity contribution < 1.29 is 0 Å². The van der Waals surface area contributed by atoms with Crippen LogP contribution in [0.1, 0.15) is 56.7 Å². The number of nitrogens with two attached hydrogens (primary N) is 1. The zero-order chi connectivity index (χ0) is 15.4. The lowest BCUT2D eigenvalue weighted by Gasteiger charge is -2.46. The fraction of sp³-hybridized carbons (Fsp3) is 0.688. The van der Waals surface area contributed by atoms with Crippen molar-refractivity contribution in [2.45, 2.75) is 59.4 Å². The van der Waals surface area contributed by atoms with Crippen LogP contribution in [-0.4, -0.2) is 25.6 Å². The molecule has 2 aromatic rings. The number of hydrogen-bond acceptors (Lipinski definition) is 4. The topological polar surface area (TPSA) is 69.1 Å². The van der Waals surface area contributed by atoms with Gasteiger partial charge < -0.3 is 5.73 Å². The summed E-state index contributed by atoms with van der Waals surface area (Å²) < 4.78 is 2.11. The summed E-state index contributed by atoms with van der Waals surface area (Å²) in [6.45, 7) is 11.0. The van der Waals surface area contributed by atoms with E-state index in [2.05, 4.69) is 53.3 Å². The molecule has 1 aliphatic carbocycles. The number of rotatable bonds is 1. The Morgan fingerprint density at radius 1 is 1.24 bits per heavy atom. The highest BCUT2D eigenvalue weighted by atomic mass is 15.3. The maximum Gasteiger partial charge on any atom is 0.255 e. The first-order valence-corrected chi connectivity index (χ1v) is 7.77. The Hall–Kier alpha value is -1.49. The van der Waals surface area contributed by atoms with E-state index in [0.29, 0.717) is 17.6 Å². The van der Waals surface area contributed by atoms with E-state index < -0.39 is 0 Å². The molecule has 3 unspecified atom stereocenters. The molecule has 21 heavy (non-hydrogen) atoms. The number of fused-ring (bicyclic) bond motifs is 1. The van der Waals surface area contributed by atoms with Crippen molar-refractivity contribution in [2.75, 3.05) is 0 Å². The van der Waals surface area contributed by atoms with E-state index in [1.54, 1.807) is 0 Å². The Bertz CT molecular complexity index is 673. The van der Waals surface area contributed by atoms with Gasteiger partial charge in [0.25, 0.3) is 5.78 Å². The van der Waals surface area contributed by atoms with Crippen LogP contribution in [0, 0.1) is 25.2 Å². The van der Waals surface area contributed by atoms with Gasteiger partial charge in [-0.05, 0) is 44.1 Å². The Labute approximate surface area is 126 Å². The molecule has 1 aliphatic rings. The molecule has 2 aromatic heterocycles. The van der Waals surface area contributed by atoms with Gasteiger partial charge in [0.2, 0.25) is 0 Å². The number of aromatic nitrogens is 4. The molecule has 3 rings (SSSR count). The highest BCUT2D eigenvalue weighted by molar-refractivity contribution is 5.34. The van der Waals surface area contributed by atoms with Gasteiger partial charge in [0, 0.05) is 23.3 Å². The fourth-order valence-electron chi connectivity index (χ4n) is 3.79. The Morgan fingerprint density at radius 3 is 2.67 bits per heavy atom. The van der Waals surface area contributed by atoms with E-state index in [0.717, 1.165) is 30.1 Å². The molecule has 0 aromatic carbocycles. The standard InChI is InChI=1S/C16H25N5/c1-9-8-10(2)21-14(19-20-15(21)18-9)12-6-7-13(17)11(3)16(12,4)5/h8,11-13H,6-7,17H2,1-5H3. The summed E-state index contributed by atoms with van der Waals surface area (Å²) in [5, 5.41) is 8.78. The lowest BCUT2D eigenvalue weighted by atomic mass is 9.61. The molecule has 2 N–H and O–H groups in total. The first kappa shape index (κ1) is 14.4. The summed E-state index contributed by atoms with van der Waals surface area (Å²) in [4.78, 5) is 4.50. The molecule has 3 atom stereocenters. The van der Waals surface area contributed by atoms with Gasteiger partial charge in [-0.15, -0.1) is 10.2 Å². The van der Waals surface area contributed by atoms with Gasteiger partial charge in [0.15, 0.2) is 0 Å². The number of aryl methyl sites for hydroxylation is 2. The third kappa shape index (κ3) is 2.14. The van der Waals surface area contributed by atoms with Gasteiger partial charge in [0.1, 0.15) is 5.82 Å². The summed E-state index contributed by atoms with van der Waals surface area (Å²) in [5.74, 6) is 2.58. The monoisotopic (exact) mass is 287 g/mol. The zero-order valence-corrected chi connectivity index (χ0v) is 13.6. The second-order valence-electron chi connectivity index (χ2n) is 7.14. The quantitative estimate of drug-likeness (QED) is 0.875. The van der Waals surface area contributed by atoms with Gasteiger partial charge in [0.05, 0.1) is 0 Å². The summed E-state index contributed by atoms with van der Waals surface area (Å²) in [6, 6.07) is 2.36. The summed E-state index contributed by atoms with van der Waals surface area (Å²) in [6.07, 6.45) is 2.11. The maximum absolute atomic E-state index is 6.28. The van der Waals surface area contributed by atoms with E-state index in [4.69, 9.17) is 5.73 Å². The Morgan fingerprint density at radius 2 is 1.95 bits per heavy atom. The van der Waals surface area contributed by atoms with Crippen molar-refractivity contribution in [3.8, 4) is 0 Å². The summed E-state index contributed by atoms with van der Waals surface area (Å²) >= 11 is 0. The van der Waals surface area contributed by atoms with Crippen molar-refractivity contribution >= 4 is 5.78 Å². The third-order valence-corrected chi connectivity index (χ3v) is 5.53. The van der Waals surface area contributed by atoms with Crippen LogP contribution < -0.4 is 5.73 Å². The molecule has 0 spiro atoms. The van der Waals surface area contributed by atoms with E-state index in [1.807, 2.05) is 6.92 Å². The van der Waals surface area contributed by atoms with Crippen LogP contribution in [0.25, 0.3) is 5.78 Å². The van der Waals surface area contributed by atoms with Crippen molar-refractivity contribution in [1.29, 1.82) is 0 Å². The second kappa shape index (κ2) is 4.77. The van der Waals surface area contributed by atoms with Crippen LogP contribution in [0.5, 0.6) is 0 Å². The van der Waals surface area contributed by atoms with Crippen LogP contribution in [0.2, 0.25) is 0 Å². The molecule has 5 nitrogen and oxygen atoms in total. The van der Waals surface area contributed by atoms with E-state index in [-0.39, 0.29) is 11.5 Å². The average molecular weight is 287 g/mol. The first-order chi connectivity index (χ1) is 9.82. The molecule has 5 heteroatoms. The van der Waals surface area contributed by atoms with Gasteiger partial charge in [-0.2, -0.15) is 0 Å². The minimum absolute atomic E-state index is 0.109. The SMILES string of the molecule is Cc1cc(C)n2c(C3CCC(N)C(C)C3(C)C)nnc2n1. The molecule has 0 bridgehead atoms. The zero-order valence-electron chi connectivity index (χ0n) is 13.6. The maximum atomic E-state index is 6.28. The molecule has 0 amide bonds.